The van der Waals surface area contributed by atoms with E-state index in [1.807, 2.05) is 24.3 Å². The average Bonchev–Trinajstić information content (AvgIpc) is 3.26. The second kappa shape index (κ2) is 13.4. The minimum Gasteiger partial charge on any atom is -0.208 e. The molecule has 0 saturated carbocycles. The Morgan fingerprint density at radius 2 is 0.630 bits per heavy atom. The van der Waals surface area contributed by atoms with Gasteiger partial charge in [-0.3, -0.25) is 0 Å². The molecule has 9 aromatic carbocycles. The minimum absolute atomic E-state index is 0.634. The van der Waals surface area contributed by atoms with Gasteiger partial charge in [0.15, 0.2) is 17.5 Å². The standard InChI is InChI=1S/C51H33N3/c1-3-12-34(13-4-1)39-25-26-41-32-45(29-27-40(41)30-39)51-53-49(37-15-5-2-6-16-37)52-50(54-51)44-21-9-20-42(33-44)46-22-10-18-36-19-11-23-47(48(36)46)43-28-24-35-14-7-8-17-38(35)31-43/h1-33H. The first-order chi connectivity index (χ1) is 26.7. The number of aromatic nitrogens is 3. The van der Waals surface area contributed by atoms with Crippen LogP contribution in [0, 0.1) is 0 Å². The molecule has 3 nitrogen and oxygen atoms in total. The zero-order valence-electron chi connectivity index (χ0n) is 29.4. The summed E-state index contributed by atoms with van der Waals surface area (Å²) in [4.78, 5) is 15.3. The number of rotatable bonds is 6. The van der Waals surface area contributed by atoms with Crippen LogP contribution in [0.15, 0.2) is 200 Å². The Labute approximate surface area is 313 Å². The summed E-state index contributed by atoms with van der Waals surface area (Å²) in [5, 5.41) is 7.19. The van der Waals surface area contributed by atoms with Crippen molar-refractivity contribution < 1.29 is 0 Å². The first-order valence-corrected chi connectivity index (χ1v) is 18.3. The molecule has 10 rings (SSSR count). The fourth-order valence-corrected chi connectivity index (χ4v) is 7.55. The molecule has 54 heavy (non-hydrogen) atoms. The van der Waals surface area contributed by atoms with E-state index < -0.39 is 0 Å². The van der Waals surface area contributed by atoms with Gasteiger partial charge in [0.2, 0.25) is 0 Å². The summed E-state index contributed by atoms with van der Waals surface area (Å²) < 4.78 is 0. The van der Waals surface area contributed by atoms with Crippen LogP contribution in [0.2, 0.25) is 0 Å². The van der Waals surface area contributed by atoms with Crippen LogP contribution in [0.3, 0.4) is 0 Å². The van der Waals surface area contributed by atoms with Crippen molar-refractivity contribution in [2.45, 2.75) is 0 Å². The number of hydrogen-bond acceptors (Lipinski definition) is 3. The van der Waals surface area contributed by atoms with Crippen molar-refractivity contribution in [2.24, 2.45) is 0 Å². The van der Waals surface area contributed by atoms with Gasteiger partial charge < -0.3 is 0 Å². The van der Waals surface area contributed by atoms with Crippen LogP contribution in [0.5, 0.6) is 0 Å². The third kappa shape index (κ3) is 5.88. The summed E-state index contributed by atoms with van der Waals surface area (Å²) in [6, 6.07) is 70.7. The predicted octanol–water partition coefficient (Wildman–Crippen LogP) is 13.3. The molecule has 1 aromatic heterocycles. The van der Waals surface area contributed by atoms with Gasteiger partial charge in [0.05, 0.1) is 0 Å². The van der Waals surface area contributed by atoms with Crippen LogP contribution in [0.25, 0.3) is 99.9 Å². The molecule has 0 atom stereocenters. The molecule has 0 aliphatic rings. The maximum Gasteiger partial charge on any atom is 0.164 e. The van der Waals surface area contributed by atoms with E-state index in [4.69, 9.17) is 15.0 Å². The highest BCUT2D eigenvalue weighted by Gasteiger charge is 2.16. The summed E-state index contributed by atoms with van der Waals surface area (Å²) in [5.74, 6) is 1.92. The average molecular weight is 688 g/mol. The lowest BCUT2D eigenvalue weighted by Crippen LogP contribution is -2.00. The van der Waals surface area contributed by atoms with Crippen LogP contribution in [-0.2, 0) is 0 Å². The van der Waals surface area contributed by atoms with Gasteiger partial charge >= 0.3 is 0 Å². The summed E-state index contributed by atoms with van der Waals surface area (Å²) in [7, 11) is 0. The smallest absolute Gasteiger partial charge is 0.164 e. The van der Waals surface area contributed by atoms with Gasteiger partial charge in [-0.15, -0.1) is 0 Å². The van der Waals surface area contributed by atoms with Gasteiger partial charge in [-0.25, -0.2) is 15.0 Å². The van der Waals surface area contributed by atoms with E-state index in [0.29, 0.717) is 17.5 Å². The number of nitrogens with zero attached hydrogens (tertiary/aromatic N) is 3. The first kappa shape index (κ1) is 31.5. The maximum absolute atomic E-state index is 5.14. The lowest BCUT2D eigenvalue weighted by atomic mass is 9.90. The second-order valence-electron chi connectivity index (χ2n) is 13.7. The lowest BCUT2D eigenvalue weighted by Gasteiger charge is -2.14. The Morgan fingerprint density at radius 3 is 1.33 bits per heavy atom. The SMILES string of the molecule is c1ccc(-c2ccc3cc(-c4nc(-c5ccccc5)nc(-c5cccc(-c6cccc7cccc(-c8ccc9ccccc9c8)c67)c5)n4)ccc3c2)cc1. The molecular formula is C51H33N3. The minimum atomic E-state index is 0.634. The molecule has 0 fully saturated rings. The molecule has 0 spiro atoms. The van der Waals surface area contributed by atoms with Crippen molar-refractivity contribution in [2.75, 3.05) is 0 Å². The second-order valence-corrected chi connectivity index (χ2v) is 13.7. The molecule has 0 radical (unpaired) electrons. The lowest BCUT2D eigenvalue weighted by molar-refractivity contribution is 1.07. The molecule has 0 aliphatic heterocycles. The molecule has 10 aromatic rings. The van der Waals surface area contributed by atoms with E-state index in [1.54, 1.807) is 0 Å². The van der Waals surface area contributed by atoms with Crippen molar-refractivity contribution in [1.29, 1.82) is 0 Å². The van der Waals surface area contributed by atoms with E-state index in [1.165, 1.54) is 54.7 Å². The van der Waals surface area contributed by atoms with Gasteiger partial charge in [0.25, 0.3) is 0 Å². The molecule has 0 saturated heterocycles. The van der Waals surface area contributed by atoms with Crippen molar-refractivity contribution in [1.82, 2.24) is 15.0 Å². The van der Waals surface area contributed by atoms with Crippen LogP contribution in [0.4, 0.5) is 0 Å². The molecule has 0 N–H and O–H groups in total. The normalized spacial score (nSPS) is 11.3. The van der Waals surface area contributed by atoms with E-state index in [-0.39, 0.29) is 0 Å². The van der Waals surface area contributed by atoms with Crippen LogP contribution < -0.4 is 0 Å². The zero-order chi connectivity index (χ0) is 35.8. The molecular weight excluding hydrogens is 655 g/mol. The quantitative estimate of drug-likeness (QED) is 0.175. The fourth-order valence-electron chi connectivity index (χ4n) is 7.55. The topological polar surface area (TPSA) is 38.7 Å². The van der Waals surface area contributed by atoms with Gasteiger partial charge in [-0.2, -0.15) is 0 Å². The van der Waals surface area contributed by atoms with Crippen molar-refractivity contribution >= 4 is 32.3 Å². The van der Waals surface area contributed by atoms with Gasteiger partial charge in [-0.05, 0) is 90.0 Å². The van der Waals surface area contributed by atoms with Crippen molar-refractivity contribution in [3.05, 3.63) is 200 Å². The third-order valence-electron chi connectivity index (χ3n) is 10.3. The number of benzene rings is 9. The summed E-state index contributed by atoms with van der Waals surface area (Å²) in [6.07, 6.45) is 0. The van der Waals surface area contributed by atoms with Gasteiger partial charge in [0.1, 0.15) is 0 Å². The number of fused-ring (bicyclic) bond motifs is 3. The maximum atomic E-state index is 5.14. The van der Waals surface area contributed by atoms with E-state index in [9.17, 15) is 0 Å². The highest BCUT2D eigenvalue weighted by Crippen LogP contribution is 2.39. The summed E-state index contributed by atoms with van der Waals surface area (Å²) in [5.41, 5.74) is 9.90. The third-order valence-corrected chi connectivity index (χ3v) is 10.3. The largest absolute Gasteiger partial charge is 0.208 e. The van der Waals surface area contributed by atoms with Gasteiger partial charge in [0, 0.05) is 16.7 Å². The fraction of sp³-hybridized carbons (Fsp3) is 0. The Hall–Kier alpha value is -7.23. The molecule has 0 aliphatic carbocycles. The Bertz CT molecular complexity index is 2980. The van der Waals surface area contributed by atoms with Crippen LogP contribution in [0.1, 0.15) is 0 Å². The Morgan fingerprint density at radius 1 is 0.222 bits per heavy atom. The summed E-state index contributed by atoms with van der Waals surface area (Å²) >= 11 is 0. The summed E-state index contributed by atoms with van der Waals surface area (Å²) in [6.45, 7) is 0. The number of hydrogen-bond donors (Lipinski definition) is 0. The Balaban J connectivity index is 1.09. The molecule has 0 bridgehead atoms. The van der Waals surface area contributed by atoms with Crippen molar-refractivity contribution in [3.63, 3.8) is 0 Å². The van der Waals surface area contributed by atoms with Crippen LogP contribution >= 0.6 is 0 Å². The molecule has 1 heterocycles. The van der Waals surface area contributed by atoms with Gasteiger partial charge in [-0.1, -0.05) is 176 Å². The zero-order valence-corrected chi connectivity index (χ0v) is 29.4. The van der Waals surface area contributed by atoms with Crippen LogP contribution in [-0.4, -0.2) is 15.0 Å². The Kier molecular flexibility index (Phi) is 7.81. The highest BCUT2D eigenvalue weighted by atomic mass is 15.0. The van der Waals surface area contributed by atoms with Crippen molar-refractivity contribution in [3.8, 4) is 67.5 Å². The molecule has 0 unspecified atom stereocenters. The van der Waals surface area contributed by atoms with E-state index in [2.05, 4.69) is 176 Å². The highest BCUT2D eigenvalue weighted by molar-refractivity contribution is 6.07. The van der Waals surface area contributed by atoms with E-state index >= 15 is 0 Å². The van der Waals surface area contributed by atoms with E-state index in [0.717, 1.165) is 27.6 Å². The molecule has 3 heteroatoms. The monoisotopic (exact) mass is 687 g/mol. The molecule has 252 valence electrons. The first-order valence-electron chi connectivity index (χ1n) is 18.3. The molecule has 0 amide bonds. The predicted molar refractivity (Wildman–Crippen MR) is 225 cm³/mol.